The van der Waals surface area contributed by atoms with Crippen molar-refractivity contribution in [3.05, 3.63) is 14.5 Å². The predicted molar refractivity (Wildman–Crippen MR) is 55.5 cm³/mol. The zero-order valence-electron chi connectivity index (χ0n) is 7.10. The first kappa shape index (κ1) is 10.3. The Hall–Kier alpha value is 0.210. The zero-order valence-corrected chi connectivity index (χ0v) is 9.43. The van der Waals surface area contributed by atoms with E-state index in [-0.39, 0.29) is 0 Å². The molecule has 0 atom stereocenters. The van der Waals surface area contributed by atoms with E-state index in [2.05, 4.69) is 18.8 Å². The van der Waals surface area contributed by atoms with Crippen molar-refractivity contribution in [1.29, 1.82) is 0 Å². The van der Waals surface area contributed by atoms with E-state index in [9.17, 15) is 0 Å². The first-order chi connectivity index (χ1) is 5.69. The molecule has 0 aliphatic carbocycles. The fourth-order valence-electron chi connectivity index (χ4n) is 1.21. The lowest BCUT2D eigenvalue weighted by molar-refractivity contribution is 0.627. The molecule has 4 heteroatoms. The topological polar surface area (TPSA) is 12.9 Å². The molecule has 0 aromatic carbocycles. The fourth-order valence-corrected chi connectivity index (χ4v) is 2.68. The average molecular weight is 224 g/mol. The molecule has 0 aliphatic rings. The molecular weight excluding hydrogens is 213 g/mol. The van der Waals surface area contributed by atoms with E-state index in [1.165, 1.54) is 11.3 Å². The molecule has 68 valence electrons. The first-order valence-corrected chi connectivity index (χ1v) is 5.58. The van der Waals surface area contributed by atoms with E-state index >= 15 is 0 Å². The van der Waals surface area contributed by atoms with E-state index in [1.54, 1.807) is 0 Å². The Kier molecular flexibility index (Phi) is 3.81. The molecule has 1 rings (SSSR count). The van der Waals surface area contributed by atoms with Crippen molar-refractivity contribution in [2.75, 3.05) is 0 Å². The van der Waals surface area contributed by atoms with Crippen LogP contribution in [0.2, 0.25) is 8.80 Å². The van der Waals surface area contributed by atoms with Gasteiger partial charge in [-0.3, -0.25) is 0 Å². The Morgan fingerprint density at radius 1 is 1.33 bits per heavy atom. The van der Waals surface area contributed by atoms with Gasteiger partial charge in [0.25, 0.3) is 0 Å². The zero-order chi connectivity index (χ0) is 9.14. The Morgan fingerprint density at radius 2 is 1.92 bits per heavy atom. The maximum absolute atomic E-state index is 5.97. The van der Waals surface area contributed by atoms with Gasteiger partial charge in [0, 0.05) is 5.92 Å². The second-order valence-corrected chi connectivity index (χ2v) is 4.82. The second kappa shape index (κ2) is 4.45. The fraction of sp³-hybridized carbons (Fsp3) is 0.625. The monoisotopic (exact) mass is 223 g/mol. The van der Waals surface area contributed by atoms with E-state index in [1.807, 2.05) is 0 Å². The summed E-state index contributed by atoms with van der Waals surface area (Å²) in [7, 11) is 0. The highest BCUT2D eigenvalue weighted by molar-refractivity contribution is 7.19. The number of hydrogen-bond donors (Lipinski definition) is 0. The largest absolute Gasteiger partial charge is 0.228 e. The second-order valence-electron chi connectivity index (χ2n) is 2.64. The van der Waals surface area contributed by atoms with E-state index in [4.69, 9.17) is 23.2 Å². The molecule has 1 heterocycles. The van der Waals surface area contributed by atoms with Crippen molar-refractivity contribution in [3.8, 4) is 0 Å². The summed E-state index contributed by atoms with van der Waals surface area (Å²) in [5, 5.41) is 0. The third kappa shape index (κ3) is 2.12. The molecule has 0 aliphatic heterocycles. The SMILES string of the molecule is CCC(CC)c1nc(Cl)sc1Cl. The molecule has 0 amide bonds. The summed E-state index contributed by atoms with van der Waals surface area (Å²) < 4.78 is 1.29. The van der Waals surface area contributed by atoms with Crippen LogP contribution in [0.1, 0.15) is 38.3 Å². The maximum atomic E-state index is 5.97. The minimum absolute atomic E-state index is 0.459. The van der Waals surface area contributed by atoms with Crippen LogP contribution in [0.5, 0.6) is 0 Å². The van der Waals surface area contributed by atoms with Crippen LogP contribution in [0.15, 0.2) is 0 Å². The molecule has 0 fully saturated rings. The van der Waals surface area contributed by atoms with Crippen LogP contribution in [0.3, 0.4) is 0 Å². The van der Waals surface area contributed by atoms with Gasteiger partial charge in [-0.2, -0.15) is 0 Å². The van der Waals surface area contributed by atoms with Crippen LogP contribution in [-0.2, 0) is 0 Å². The molecule has 0 saturated heterocycles. The Morgan fingerprint density at radius 3 is 2.25 bits per heavy atom. The number of rotatable bonds is 3. The molecule has 0 radical (unpaired) electrons. The van der Waals surface area contributed by atoms with Crippen molar-refractivity contribution in [3.63, 3.8) is 0 Å². The molecule has 0 unspecified atom stereocenters. The van der Waals surface area contributed by atoms with Crippen LogP contribution in [0.25, 0.3) is 0 Å². The average Bonchev–Trinajstić information content (AvgIpc) is 2.34. The Bertz CT molecular complexity index is 256. The van der Waals surface area contributed by atoms with Gasteiger partial charge in [-0.05, 0) is 12.8 Å². The summed E-state index contributed by atoms with van der Waals surface area (Å²) in [4.78, 5) is 4.20. The normalized spacial score (nSPS) is 11.1. The number of hydrogen-bond acceptors (Lipinski definition) is 2. The third-order valence-electron chi connectivity index (χ3n) is 1.96. The number of thiazole rings is 1. The molecule has 0 spiro atoms. The van der Waals surface area contributed by atoms with Crippen molar-refractivity contribution in [2.45, 2.75) is 32.6 Å². The van der Waals surface area contributed by atoms with E-state index < -0.39 is 0 Å². The molecule has 1 aromatic rings. The molecule has 0 N–H and O–H groups in total. The van der Waals surface area contributed by atoms with Gasteiger partial charge < -0.3 is 0 Å². The van der Waals surface area contributed by atoms with Gasteiger partial charge in [0.2, 0.25) is 0 Å². The van der Waals surface area contributed by atoms with Crippen molar-refractivity contribution in [2.24, 2.45) is 0 Å². The summed E-state index contributed by atoms with van der Waals surface area (Å²) in [6, 6.07) is 0. The van der Waals surface area contributed by atoms with Gasteiger partial charge in [0.15, 0.2) is 4.47 Å². The lowest BCUT2D eigenvalue weighted by Crippen LogP contribution is -1.95. The molecular formula is C8H11Cl2NS. The van der Waals surface area contributed by atoms with Gasteiger partial charge >= 0.3 is 0 Å². The quantitative estimate of drug-likeness (QED) is 0.743. The summed E-state index contributed by atoms with van der Waals surface area (Å²) in [6.45, 7) is 4.27. The van der Waals surface area contributed by atoms with Crippen molar-refractivity contribution >= 4 is 34.5 Å². The smallest absolute Gasteiger partial charge is 0.185 e. The maximum Gasteiger partial charge on any atom is 0.185 e. The van der Waals surface area contributed by atoms with Gasteiger partial charge in [-0.1, -0.05) is 48.4 Å². The molecule has 1 aromatic heterocycles. The van der Waals surface area contributed by atoms with Crippen LogP contribution < -0.4 is 0 Å². The Labute approximate surface area is 86.7 Å². The lowest BCUT2D eigenvalue weighted by Gasteiger charge is -2.08. The predicted octanol–water partition coefficient (Wildman–Crippen LogP) is 4.35. The summed E-state index contributed by atoms with van der Waals surface area (Å²) in [5.74, 6) is 0.459. The molecule has 1 nitrogen and oxygen atoms in total. The van der Waals surface area contributed by atoms with Gasteiger partial charge in [0.05, 0.1) is 5.69 Å². The van der Waals surface area contributed by atoms with Gasteiger partial charge in [-0.15, -0.1) is 0 Å². The summed E-state index contributed by atoms with van der Waals surface area (Å²) in [6.07, 6.45) is 2.13. The van der Waals surface area contributed by atoms with Gasteiger partial charge in [-0.25, -0.2) is 4.98 Å². The highest BCUT2D eigenvalue weighted by Gasteiger charge is 2.15. The van der Waals surface area contributed by atoms with Crippen LogP contribution in [0.4, 0.5) is 0 Å². The van der Waals surface area contributed by atoms with E-state index in [0.717, 1.165) is 22.9 Å². The minimum Gasteiger partial charge on any atom is -0.228 e. The third-order valence-corrected chi connectivity index (χ3v) is 3.34. The van der Waals surface area contributed by atoms with E-state index in [0.29, 0.717) is 10.4 Å². The molecule has 0 saturated carbocycles. The summed E-state index contributed by atoms with van der Waals surface area (Å²) >= 11 is 13.1. The Balaban J connectivity index is 2.91. The van der Waals surface area contributed by atoms with Crippen LogP contribution >= 0.6 is 34.5 Å². The molecule has 0 bridgehead atoms. The number of halogens is 2. The number of aromatic nitrogens is 1. The van der Waals surface area contributed by atoms with Gasteiger partial charge in [0.1, 0.15) is 4.34 Å². The highest BCUT2D eigenvalue weighted by Crippen LogP contribution is 2.35. The minimum atomic E-state index is 0.459. The van der Waals surface area contributed by atoms with Crippen LogP contribution in [-0.4, -0.2) is 4.98 Å². The van der Waals surface area contributed by atoms with Crippen molar-refractivity contribution < 1.29 is 0 Å². The lowest BCUT2D eigenvalue weighted by atomic mass is 10.0. The first-order valence-electron chi connectivity index (χ1n) is 4.00. The standard InChI is InChI=1S/C8H11Cl2NS/c1-3-5(4-2)6-7(9)12-8(10)11-6/h5H,3-4H2,1-2H3. The highest BCUT2D eigenvalue weighted by atomic mass is 35.5. The molecule has 12 heavy (non-hydrogen) atoms. The summed E-state index contributed by atoms with van der Waals surface area (Å²) in [5.41, 5.74) is 0.969. The number of nitrogens with zero attached hydrogens (tertiary/aromatic N) is 1. The van der Waals surface area contributed by atoms with Crippen LogP contribution in [0, 0.1) is 0 Å². The van der Waals surface area contributed by atoms with Crippen molar-refractivity contribution in [1.82, 2.24) is 4.98 Å².